The molecular weight excluding hydrogens is 444 g/mol. The predicted molar refractivity (Wildman–Crippen MR) is 128 cm³/mol. The topological polar surface area (TPSA) is 72.2 Å². The molecule has 7 heteroatoms. The van der Waals surface area contributed by atoms with Crippen LogP contribution in [0, 0.1) is 0 Å². The molecule has 162 valence electrons. The molecule has 1 heterocycles. The van der Waals surface area contributed by atoms with E-state index in [1.807, 2.05) is 59.2 Å². The van der Waals surface area contributed by atoms with E-state index < -0.39 is 9.84 Å². The molecule has 0 aliphatic heterocycles. The van der Waals surface area contributed by atoms with Crippen molar-refractivity contribution in [1.82, 2.24) is 9.55 Å². The van der Waals surface area contributed by atoms with Crippen molar-refractivity contribution in [2.45, 2.75) is 11.4 Å². The Bertz CT molecular complexity index is 1410. The summed E-state index contributed by atoms with van der Waals surface area (Å²) >= 11 is 6.33. The first-order chi connectivity index (χ1) is 15.2. The van der Waals surface area contributed by atoms with Gasteiger partial charge in [0, 0.05) is 23.0 Å². The molecule has 4 rings (SSSR count). The van der Waals surface area contributed by atoms with Crippen LogP contribution in [-0.2, 0) is 16.4 Å². The van der Waals surface area contributed by atoms with E-state index in [4.69, 9.17) is 11.6 Å². The van der Waals surface area contributed by atoms with Gasteiger partial charge in [0.1, 0.15) is 17.3 Å². The van der Waals surface area contributed by atoms with E-state index in [0.717, 1.165) is 22.3 Å². The van der Waals surface area contributed by atoms with Crippen LogP contribution in [0.15, 0.2) is 90.5 Å². The summed E-state index contributed by atoms with van der Waals surface area (Å²) in [6.07, 6.45) is 2.94. The Morgan fingerprint density at radius 1 is 1.00 bits per heavy atom. The van der Waals surface area contributed by atoms with Crippen molar-refractivity contribution < 1.29 is 13.5 Å². The predicted octanol–water partition coefficient (Wildman–Crippen LogP) is 5.85. The van der Waals surface area contributed by atoms with Gasteiger partial charge in [-0.2, -0.15) is 0 Å². The molecule has 0 fully saturated rings. The van der Waals surface area contributed by atoms with Gasteiger partial charge in [0.25, 0.3) is 0 Å². The van der Waals surface area contributed by atoms with Crippen molar-refractivity contribution in [3.63, 3.8) is 0 Å². The number of aliphatic hydroxyl groups excluding tert-OH is 1. The SMILES string of the molecule is C=C(O)c1cn(Cc2ccccc2Cl)c(-c2ccc(-c3cccc(S(C)(=O)=O)c3)cc2)n1. The van der Waals surface area contributed by atoms with Crippen LogP contribution in [0.1, 0.15) is 11.3 Å². The zero-order chi connectivity index (χ0) is 22.9. The Morgan fingerprint density at radius 2 is 1.69 bits per heavy atom. The standard InChI is InChI=1S/C25H21ClN2O3S/c1-17(29)24-16-28(15-21-6-3-4-9-23(21)26)25(27-24)19-12-10-18(11-13-19)20-7-5-8-22(14-20)32(2,30)31/h3-14,16,29H,1,15H2,2H3. The maximum atomic E-state index is 11.9. The van der Waals surface area contributed by atoms with Crippen LogP contribution >= 0.6 is 11.6 Å². The first-order valence-corrected chi connectivity index (χ1v) is 12.1. The summed E-state index contributed by atoms with van der Waals surface area (Å²) in [6, 6.07) is 22.1. The van der Waals surface area contributed by atoms with Gasteiger partial charge in [-0.05, 0) is 34.9 Å². The second kappa shape index (κ2) is 8.65. The first kappa shape index (κ1) is 21.9. The minimum Gasteiger partial charge on any atom is -0.506 e. The normalized spacial score (nSPS) is 11.4. The number of sulfone groups is 1. The number of aliphatic hydroxyl groups is 1. The zero-order valence-corrected chi connectivity index (χ0v) is 18.9. The highest BCUT2D eigenvalue weighted by Gasteiger charge is 2.14. The molecule has 0 saturated carbocycles. The van der Waals surface area contributed by atoms with Gasteiger partial charge in [-0.15, -0.1) is 0 Å². The quantitative estimate of drug-likeness (QED) is 0.363. The molecular formula is C25H21ClN2O3S. The number of halogens is 1. The summed E-state index contributed by atoms with van der Waals surface area (Å²) in [6.45, 7) is 4.06. The van der Waals surface area contributed by atoms with Gasteiger partial charge in [0.15, 0.2) is 9.84 Å². The molecule has 3 aromatic carbocycles. The van der Waals surface area contributed by atoms with E-state index in [1.165, 1.54) is 6.26 Å². The van der Waals surface area contributed by atoms with Crippen molar-refractivity contribution >= 4 is 27.2 Å². The second-order valence-electron chi connectivity index (χ2n) is 7.49. The maximum Gasteiger partial charge on any atom is 0.175 e. The average molecular weight is 465 g/mol. The number of hydrogen-bond donors (Lipinski definition) is 1. The lowest BCUT2D eigenvalue weighted by Crippen LogP contribution is -2.01. The van der Waals surface area contributed by atoms with Crippen LogP contribution in [0.25, 0.3) is 28.3 Å². The van der Waals surface area contributed by atoms with Crippen LogP contribution in [0.3, 0.4) is 0 Å². The average Bonchev–Trinajstić information content (AvgIpc) is 3.19. The minimum absolute atomic E-state index is 0.113. The second-order valence-corrected chi connectivity index (χ2v) is 9.92. The molecule has 0 atom stereocenters. The number of aromatic nitrogens is 2. The Hall–Kier alpha value is -3.35. The van der Waals surface area contributed by atoms with Crippen LogP contribution in [-0.4, -0.2) is 29.3 Å². The maximum absolute atomic E-state index is 11.9. The third-order valence-corrected chi connectivity index (χ3v) is 6.59. The Morgan fingerprint density at radius 3 is 2.34 bits per heavy atom. The highest BCUT2D eigenvalue weighted by Crippen LogP contribution is 2.28. The molecule has 5 nitrogen and oxygen atoms in total. The summed E-state index contributed by atoms with van der Waals surface area (Å²) in [4.78, 5) is 4.82. The zero-order valence-electron chi connectivity index (χ0n) is 17.4. The minimum atomic E-state index is -3.28. The summed E-state index contributed by atoms with van der Waals surface area (Å²) < 4.78 is 25.7. The monoisotopic (exact) mass is 464 g/mol. The smallest absolute Gasteiger partial charge is 0.175 e. The third-order valence-electron chi connectivity index (χ3n) is 5.11. The van der Waals surface area contributed by atoms with Crippen LogP contribution in [0.4, 0.5) is 0 Å². The Labute approximate surface area is 192 Å². The number of nitrogens with zero attached hydrogens (tertiary/aromatic N) is 2. The summed E-state index contributed by atoms with van der Waals surface area (Å²) in [7, 11) is -3.28. The van der Waals surface area contributed by atoms with Crippen LogP contribution in [0.5, 0.6) is 0 Å². The number of hydrogen-bond acceptors (Lipinski definition) is 4. The molecule has 0 spiro atoms. The number of imidazole rings is 1. The Balaban J connectivity index is 1.71. The van der Waals surface area contributed by atoms with Crippen LogP contribution in [0.2, 0.25) is 5.02 Å². The van der Waals surface area contributed by atoms with E-state index in [1.54, 1.807) is 24.4 Å². The third kappa shape index (κ3) is 4.61. The molecule has 0 aliphatic rings. The highest BCUT2D eigenvalue weighted by molar-refractivity contribution is 7.90. The van der Waals surface area contributed by atoms with E-state index in [0.29, 0.717) is 23.1 Å². The van der Waals surface area contributed by atoms with Gasteiger partial charge in [0.05, 0.1) is 11.4 Å². The highest BCUT2D eigenvalue weighted by atomic mass is 35.5. The van der Waals surface area contributed by atoms with Gasteiger partial charge < -0.3 is 9.67 Å². The van der Waals surface area contributed by atoms with Crippen molar-refractivity contribution in [3.8, 4) is 22.5 Å². The molecule has 0 saturated heterocycles. The van der Waals surface area contributed by atoms with Crippen LogP contribution < -0.4 is 0 Å². The van der Waals surface area contributed by atoms with Gasteiger partial charge in [-0.25, -0.2) is 13.4 Å². The van der Waals surface area contributed by atoms with E-state index in [9.17, 15) is 13.5 Å². The molecule has 1 aromatic heterocycles. The van der Waals surface area contributed by atoms with E-state index >= 15 is 0 Å². The van der Waals surface area contributed by atoms with Gasteiger partial charge >= 0.3 is 0 Å². The Kier molecular flexibility index (Phi) is 5.91. The molecule has 32 heavy (non-hydrogen) atoms. The largest absolute Gasteiger partial charge is 0.506 e. The lowest BCUT2D eigenvalue weighted by Gasteiger charge is -2.10. The molecule has 0 aliphatic carbocycles. The molecule has 0 unspecified atom stereocenters. The van der Waals surface area contributed by atoms with Gasteiger partial charge in [-0.1, -0.05) is 72.8 Å². The van der Waals surface area contributed by atoms with Crippen molar-refractivity contribution in [1.29, 1.82) is 0 Å². The molecule has 0 bridgehead atoms. The molecule has 0 radical (unpaired) electrons. The van der Waals surface area contributed by atoms with Crippen molar-refractivity contribution in [2.24, 2.45) is 0 Å². The van der Waals surface area contributed by atoms with Crippen molar-refractivity contribution in [3.05, 3.63) is 102 Å². The molecule has 0 amide bonds. The van der Waals surface area contributed by atoms with E-state index in [-0.39, 0.29) is 10.7 Å². The van der Waals surface area contributed by atoms with Crippen molar-refractivity contribution in [2.75, 3.05) is 6.26 Å². The fraction of sp³-hybridized carbons (Fsp3) is 0.0800. The first-order valence-electron chi connectivity index (χ1n) is 9.82. The lowest BCUT2D eigenvalue weighted by molar-refractivity contribution is 0.511. The van der Waals surface area contributed by atoms with Gasteiger partial charge in [0.2, 0.25) is 0 Å². The lowest BCUT2D eigenvalue weighted by atomic mass is 10.0. The molecule has 1 N–H and O–H groups in total. The summed E-state index contributed by atoms with van der Waals surface area (Å²) in [5.41, 5.74) is 3.85. The van der Waals surface area contributed by atoms with E-state index in [2.05, 4.69) is 11.6 Å². The molecule has 4 aromatic rings. The number of rotatable bonds is 6. The summed E-state index contributed by atoms with van der Waals surface area (Å²) in [5.74, 6) is 0.546. The number of benzene rings is 3. The van der Waals surface area contributed by atoms with Gasteiger partial charge in [-0.3, -0.25) is 0 Å². The fourth-order valence-corrected chi connectivity index (χ4v) is 4.30. The summed E-state index contributed by atoms with van der Waals surface area (Å²) in [5, 5.41) is 10.5. The fourth-order valence-electron chi connectivity index (χ4n) is 3.43.